The zero-order chi connectivity index (χ0) is 19.8. The summed E-state index contributed by atoms with van der Waals surface area (Å²) in [6.07, 6.45) is 2.42. The number of rotatable bonds is 4. The van der Waals surface area contributed by atoms with Crippen molar-refractivity contribution in [3.8, 4) is 17.2 Å². The maximum atomic E-state index is 6.16. The second-order valence-electron chi connectivity index (χ2n) is 6.80. The normalized spacial score (nSPS) is 23.5. The third-order valence-corrected chi connectivity index (χ3v) is 5.32. The van der Waals surface area contributed by atoms with Gasteiger partial charge in [-0.25, -0.2) is 9.98 Å². The first kappa shape index (κ1) is 18.1. The standard InChI is InChI=1S/C19H24N6O3/c1-26-13-6-11(7-14(27-2)16(13)28-3)25-5-4-12-10(9-25)8-22-18-15(12)17(20)23-19(21)24-18/h6-8,15,18H,4-5,9H2,1-3H3,(H4,20,21,23,24). The number of benzene rings is 1. The number of nitrogens with two attached hydrogens (primary N) is 2. The van der Waals surface area contributed by atoms with E-state index < -0.39 is 0 Å². The fraction of sp³-hybridized carbons (Fsp3) is 0.421. The van der Waals surface area contributed by atoms with Gasteiger partial charge >= 0.3 is 0 Å². The highest BCUT2D eigenvalue weighted by atomic mass is 16.5. The van der Waals surface area contributed by atoms with E-state index in [-0.39, 0.29) is 18.0 Å². The van der Waals surface area contributed by atoms with Gasteiger partial charge in [0.2, 0.25) is 11.7 Å². The van der Waals surface area contributed by atoms with Gasteiger partial charge in [0, 0.05) is 37.1 Å². The quantitative estimate of drug-likeness (QED) is 0.797. The fourth-order valence-corrected chi connectivity index (χ4v) is 3.99. The molecule has 148 valence electrons. The van der Waals surface area contributed by atoms with Crippen LogP contribution in [0.1, 0.15) is 6.42 Å². The Kier molecular flexibility index (Phi) is 4.58. The Bertz CT molecular complexity index is 895. The molecule has 1 aromatic carbocycles. The van der Waals surface area contributed by atoms with Crippen LogP contribution in [0, 0.1) is 5.92 Å². The maximum absolute atomic E-state index is 6.16. The first-order valence-electron chi connectivity index (χ1n) is 9.03. The molecule has 4 N–H and O–H groups in total. The second-order valence-corrected chi connectivity index (χ2v) is 6.80. The lowest BCUT2D eigenvalue weighted by atomic mass is 9.84. The number of guanidine groups is 1. The van der Waals surface area contributed by atoms with Gasteiger partial charge in [0.05, 0.1) is 27.2 Å². The third-order valence-electron chi connectivity index (χ3n) is 5.32. The summed E-state index contributed by atoms with van der Waals surface area (Å²) >= 11 is 0. The molecule has 0 saturated heterocycles. The maximum Gasteiger partial charge on any atom is 0.219 e. The van der Waals surface area contributed by atoms with Crippen molar-refractivity contribution in [1.82, 2.24) is 0 Å². The molecule has 3 heterocycles. The van der Waals surface area contributed by atoms with Crippen molar-refractivity contribution in [3.63, 3.8) is 0 Å². The Labute approximate surface area is 163 Å². The van der Waals surface area contributed by atoms with Crippen LogP contribution in [0.5, 0.6) is 17.2 Å². The molecule has 3 aliphatic heterocycles. The van der Waals surface area contributed by atoms with Gasteiger partial charge in [-0.15, -0.1) is 0 Å². The number of ether oxygens (including phenoxy) is 3. The fourth-order valence-electron chi connectivity index (χ4n) is 3.99. The van der Waals surface area contributed by atoms with Crippen molar-refractivity contribution in [1.29, 1.82) is 0 Å². The van der Waals surface area contributed by atoms with Gasteiger partial charge in [-0.1, -0.05) is 0 Å². The van der Waals surface area contributed by atoms with Crippen LogP contribution >= 0.6 is 0 Å². The number of fused-ring (bicyclic) bond motifs is 2. The summed E-state index contributed by atoms with van der Waals surface area (Å²) in [7, 11) is 4.82. The second kappa shape index (κ2) is 7.06. The first-order valence-corrected chi connectivity index (χ1v) is 9.03. The zero-order valence-corrected chi connectivity index (χ0v) is 16.2. The monoisotopic (exact) mass is 384 g/mol. The Hall–Kier alpha value is -3.23. The highest BCUT2D eigenvalue weighted by Gasteiger charge is 2.37. The van der Waals surface area contributed by atoms with E-state index in [1.54, 1.807) is 21.3 Å². The molecule has 9 nitrogen and oxygen atoms in total. The Balaban J connectivity index is 1.65. The molecule has 2 unspecified atom stereocenters. The van der Waals surface area contributed by atoms with Crippen LogP contribution in [0.15, 0.2) is 38.3 Å². The molecule has 0 fully saturated rings. The SMILES string of the molecule is COc1cc(N2CCC3=C(C=NC4N=C(N)N=C(N)C34)C2)cc(OC)c1OC. The molecule has 28 heavy (non-hydrogen) atoms. The molecule has 2 atom stereocenters. The van der Waals surface area contributed by atoms with Crippen LogP contribution in [-0.2, 0) is 0 Å². The largest absolute Gasteiger partial charge is 0.493 e. The zero-order valence-electron chi connectivity index (χ0n) is 16.2. The molecule has 3 aliphatic rings. The van der Waals surface area contributed by atoms with Gasteiger partial charge in [0.15, 0.2) is 17.7 Å². The van der Waals surface area contributed by atoms with Gasteiger partial charge in [-0.2, -0.15) is 0 Å². The van der Waals surface area contributed by atoms with Crippen molar-refractivity contribution in [2.24, 2.45) is 32.4 Å². The number of amidine groups is 1. The molecule has 1 aromatic rings. The summed E-state index contributed by atoms with van der Waals surface area (Å²) < 4.78 is 16.4. The molecular weight excluding hydrogens is 360 g/mol. The lowest BCUT2D eigenvalue weighted by molar-refractivity contribution is 0.324. The minimum absolute atomic E-state index is 0.102. The van der Waals surface area contributed by atoms with E-state index in [2.05, 4.69) is 19.9 Å². The number of anilines is 1. The van der Waals surface area contributed by atoms with E-state index >= 15 is 0 Å². The summed E-state index contributed by atoms with van der Waals surface area (Å²) in [6, 6.07) is 3.91. The molecule has 0 aromatic heterocycles. The third kappa shape index (κ3) is 2.92. The molecule has 0 bridgehead atoms. The Morgan fingerprint density at radius 2 is 1.79 bits per heavy atom. The molecule has 0 saturated carbocycles. The molecule has 0 radical (unpaired) electrons. The summed E-state index contributed by atoms with van der Waals surface area (Å²) in [6.45, 7) is 1.52. The highest BCUT2D eigenvalue weighted by molar-refractivity contribution is 6.01. The Morgan fingerprint density at radius 3 is 2.43 bits per heavy atom. The van der Waals surface area contributed by atoms with Gasteiger partial charge in [0.25, 0.3) is 0 Å². The van der Waals surface area contributed by atoms with Gasteiger partial charge in [0.1, 0.15) is 5.84 Å². The van der Waals surface area contributed by atoms with E-state index in [0.717, 1.165) is 24.2 Å². The number of nitrogens with zero attached hydrogens (tertiary/aromatic N) is 4. The van der Waals surface area contributed by atoms with Crippen LogP contribution in [0.3, 0.4) is 0 Å². The minimum Gasteiger partial charge on any atom is -0.493 e. The topological polar surface area (TPSA) is 120 Å². The van der Waals surface area contributed by atoms with E-state index in [1.165, 1.54) is 5.57 Å². The predicted molar refractivity (Wildman–Crippen MR) is 109 cm³/mol. The van der Waals surface area contributed by atoms with Crippen molar-refractivity contribution in [2.45, 2.75) is 12.6 Å². The van der Waals surface area contributed by atoms with Crippen molar-refractivity contribution < 1.29 is 14.2 Å². The number of aliphatic imine (C=N–C) groups is 3. The number of dihydropyridines is 1. The first-order chi connectivity index (χ1) is 13.5. The van der Waals surface area contributed by atoms with E-state index in [0.29, 0.717) is 29.6 Å². The Morgan fingerprint density at radius 1 is 1.07 bits per heavy atom. The predicted octanol–water partition coefficient (Wildman–Crippen LogP) is 0.931. The van der Waals surface area contributed by atoms with Crippen LogP contribution in [0.4, 0.5) is 5.69 Å². The molecular formula is C19H24N6O3. The molecule has 0 spiro atoms. The van der Waals surface area contributed by atoms with Crippen molar-refractivity contribution >= 4 is 23.7 Å². The van der Waals surface area contributed by atoms with Crippen LogP contribution < -0.4 is 30.6 Å². The van der Waals surface area contributed by atoms with Crippen LogP contribution in [-0.4, -0.2) is 58.6 Å². The van der Waals surface area contributed by atoms with Gasteiger partial charge < -0.3 is 30.6 Å². The minimum atomic E-state index is -0.302. The smallest absolute Gasteiger partial charge is 0.219 e. The van der Waals surface area contributed by atoms with Crippen LogP contribution in [0.2, 0.25) is 0 Å². The summed E-state index contributed by atoms with van der Waals surface area (Å²) in [5.74, 6) is 2.41. The average Bonchev–Trinajstić information content (AvgIpc) is 2.71. The summed E-state index contributed by atoms with van der Waals surface area (Å²) in [5.41, 5.74) is 15.2. The van der Waals surface area contributed by atoms with Gasteiger partial charge in [-0.05, 0) is 17.6 Å². The highest BCUT2D eigenvalue weighted by Crippen LogP contribution is 2.42. The molecule has 9 heteroatoms. The lowest BCUT2D eigenvalue weighted by Crippen LogP contribution is -2.45. The van der Waals surface area contributed by atoms with E-state index in [9.17, 15) is 0 Å². The summed E-state index contributed by atoms with van der Waals surface area (Å²) in [4.78, 5) is 15.3. The molecule has 4 rings (SSSR count). The van der Waals surface area contributed by atoms with Crippen molar-refractivity contribution in [2.75, 3.05) is 39.3 Å². The molecule has 0 aliphatic carbocycles. The number of methoxy groups -OCH3 is 3. The van der Waals surface area contributed by atoms with E-state index in [1.807, 2.05) is 18.3 Å². The summed E-state index contributed by atoms with van der Waals surface area (Å²) in [5, 5.41) is 0. The van der Waals surface area contributed by atoms with Gasteiger partial charge in [-0.3, -0.25) is 4.99 Å². The van der Waals surface area contributed by atoms with Crippen molar-refractivity contribution in [3.05, 3.63) is 23.3 Å². The average molecular weight is 384 g/mol. The number of hydrogen-bond donors (Lipinski definition) is 2. The number of hydrogen-bond acceptors (Lipinski definition) is 9. The molecule has 0 amide bonds. The van der Waals surface area contributed by atoms with Crippen LogP contribution in [0.25, 0.3) is 0 Å². The lowest BCUT2D eigenvalue weighted by Gasteiger charge is -2.38. The van der Waals surface area contributed by atoms with E-state index in [4.69, 9.17) is 25.7 Å².